The number of hydrogen-bond acceptors (Lipinski definition) is 5. The Kier molecular flexibility index (Phi) is 8.29. The molecule has 1 aromatic rings. The number of ether oxygens (including phenoxy) is 3. The highest BCUT2D eigenvalue weighted by Crippen LogP contribution is 2.32. The first-order chi connectivity index (χ1) is 14.4. The highest BCUT2D eigenvalue weighted by atomic mass is 28.3. The van der Waals surface area contributed by atoms with Crippen molar-refractivity contribution >= 4 is 20.1 Å². The molecule has 1 aliphatic rings. The fourth-order valence-corrected chi connectivity index (χ4v) is 4.39. The van der Waals surface area contributed by atoms with Gasteiger partial charge in [0.1, 0.15) is 5.60 Å². The molecule has 0 saturated carbocycles. The summed E-state index contributed by atoms with van der Waals surface area (Å²) in [4.78, 5) is 26.7. The Bertz CT molecular complexity index is 832. The predicted octanol–water partition coefficient (Wildman–Crippen LogP) is 5.23. The fourth-order valence-electron chi connectivity index (χ4n) is 3.19. The Hall–Kier alpha value is -2.34. The molecule has 2 atom stereocenters. The van der Waals surface area contributed by atoms with Crippen molar-refractivity contribution in [1.82, 2.24) is 4.90 Å². The summed E-state index contributed by atoms with van der Waals surface area (Å²) in [6, 6.07) is 9.50. The van der Waals surface area contributed by atoms with Gasteiger partial charge in [-0.2, -0.15) is 0 Å². The minimum Gasteiger partial charge on any atom is -0.466 e. The summed E-state index contributed by atoms with van der Waals surface area (Å²) in [5, 5.41) is 0.918. The topological polar surface area (TPSA) is 65.1 Å². The third kappa shape index (κ3) is 7.38. The molecule has 1 fully saturated rings. The van der Waals surface area contributed by atoms with Gasteiger partial charge in [0, 0.05) is 6.08 Å². The summed E-state index contributed by atoms with van der Waals surface area (Å²) in [5.74, 6) is -0.265. The van der Waals surface area contributed by atoms with Crippen LogP contribution in [-0.2, 0) is 19.0 Å². The normalized spacial score (nSPS) is 18.9. The van der Waals surface area contributed by atoms with Crippen LogP contribution in [-0.4, -0.2) is 50.1 Å². The van der Waals surface area contributed by atoms with Gasteiger partial charge < -0.3 is 14.2 Å². The number of amides is 1. The van der Waals surface area contributed by atoms with E-state index in [2.05, 4.69) is 25.4 Å². The van der Waals surface area contributed by atoms with Gasteiger partial charge in [0.25, 0.3) is 0 Å². The molecule has 0 spiro atoms. The lowest BCUT2D eigenvalue weighted by Crippen LogP contribution is -2.41. The number of hydrogen-bond donors (Lipinski definition) is 0. The average Bonchev–Trinajstić information content (AvgIpc) is 3.08. The van der Waals surface area contributed by atoms with Gasteiger partial charge in [-0.1, -0.05) is 50.0 Å². The van der Waals surface area contributed by atoms with Crippen LogP contribution in [0.1, 0.15) is 45.7 Å². The van der Waals surface area contributed by atoms with Crippen LogP contribution in [0.3, 0.4) is 0 Å². The van der Waals surface area contributed by atoms with Crippen LogP contribution in [0.15, 0.2) is 47.3 Å². The first kappa shape index (κ1) is 24.9. The van der Waals surface area contributed by atoms with Crippen molar-refractivity contribution in [3.8, 4) is 0 Å². The number of rotatable bonds is 6. The maximum atomic E-state index is 13.1. The van der Waals surface area contributed by atoms with Crippen molar-refractivity contribution < 1.29 is 23.8 Å². The highest BCUT2D eigenvalue weighted by Gasteiger charge is 2.40. The zero-order valence-electron chi connectivity index (χ0n) is 19.7. The summed E-state index contributed by atoms with van der Waals surface area (Å²) >= 11 is 0. The van der Waals surface area contributed by atoms with Crippen molar-refractivity contribution in [2.75, 3.05) is 13.2 Å². The second-order valence-corrected chi connectivity index (χ2v) is 14.7. The summed E-state index contributed by atoms with van der Waals surface area (Å²) in [6.45, 7) is 14.5. The first-order valence-electron chi connectivity index (χ1n) is 10.7. The quantitative estimate of drug-likeness (QED) is 0.341. The maximum Gasteiger partial charge on any atom is 0.413 e. The molecule has 2 rings (SSSR count). The van der Waals surface area contributed by atoms with Crippen LogP contribution in [0.4, 0.5) is 4.79 Å². The second-order valence-electron chi connectivity index (χ2n) is 9.56. The zero-order chi connectivity index (χ0) is 23.2. The smallest absolute Gasteiger partial charge is 0.413 e. The monoisotopic (exact) mass is 445 g/mol. The molecule has 1 heterocycles. The Morgan fingerprint density at radius 3 is 2.42 bits per heavy atom. The molecular weight excluding hydrogens is 410 g/mol. The molecule has 1 saturated heterocycles. The molecular formula is C24H35NO5Si. The Labute approximate surface area is 186 Å². The van der Waals surface area contributed by atoms with Crippen molar-refractivity contribution in [1.29, 1.82) is 0 Å². The summed E-state index contributed by atoms with van der Waals surface area (Å²) in [7, 11) is -1.84. The van der Waals surface area contributed by atoms with Crippen LogP contribution < -0.4 is 0 Å². The Morgan fingerprint density at radius 2 is 1.87 bits per heavy atom. The zero-order valence-corrected chi connectivity index (χ0v) is 20.7. The third-order valence-corrected chi connectivity index (χ3v) is 6.89. The predicted molar refractivity (Wildman–Crippen MR) is 123 cm³/mol. The Balaban J connectivity index is 2.40. The maximum absolute atomic E-state index is 13.1. The molecule has 1 aliphatic heterocycles. The number of carbonyl (C=O) groups excluding carboxylic acids is 2. The van der Waals surface area contributed by atoms with Crippen molar-refractivity contribution in [3.63, 3.8) is 0 Å². The van der Waals surface area contributed by atoms with Gasteiger partial charge >= 0.3 is 12.1 Å². The second kappa shape index (κ2) is 10.3. The molecule has 6 nitrogen and oxygen atoms in total. The van der Waals surface area contributed by atoms with Gasteiger partial charge in [-0.25, -0.2) is 4.79 Å². The van der Waals surface area contributed by atoms with E-state index in [1.54, 1.807) is 17.9 Å². The van der Waals surface area contributed by atoms with E-state index in [0.717, 1.165) is 10.8 Å². The van der Waals surface area contributed by atoms with Crippen molar-refractivity contribution in [2.45, 2.75) is 71.6 Å². The van der Waals surface area contributed by atoms with Gasteiger partial charge in [0.15, 0.2) is 6.23 Å². The number of nitrogens with zero attached hydrogens (tertiary/aromatic N) is 1. The molecule has 7 heteroatoms. The summed E-state index contributed by atoms with van der Waals surface area (Å²) in [6.07, 6.45) is 0.858. The molecule has 0 unspecified atom stereocenters. The average molecular weight is 446 g/mol. The van der Waals surface area contributed by atoms with Crippen LogP contribution in [0, 0.1) is 0 Å². The van der Waals surface area contributed by atoms with E-state index in [9.17, 15) is 9.59 Å². The van der Waals surface area contributed by atoms with Gasteiger partial charge in [-0.3, -0.25) is 9.69 Å². The van der Waals surface area contributed by atoms with Crippen molar-refractivity contribution in [3.05, 3.63) is 52.9 Å². The van der Waals surface area contributed by atoms with Gasteiger partial charge in [0.2, 0.25) is 0 Å². The van der Waals surface area contributed by atoms with Gasteiger partial charge in [-0.05, 0) is 38.5 Å². The molecule has 0 aromatic heterocycles. The molecule has 170 valence electrons. The minimum atomic E-state index is -1.84. The van der Waals surface area contributed by atoms with Crippen LogP contribution in [0.5, 0.6) is 0 Å². The molecule has 1 aromatic carbocycles. The van der Waals surface area contributed by atoms with E-state index in [0.29, 0.717) is 13.2 Å². The van der Waals surface area contributed by atoms with Gasteiger partial charge in [0.05, 0.1) is 33.8 Å². The van der Waals surface area contributed by atoms with E-state index >= 15 is 0 Å². The number of esters is 1. The molecule has 0 bridgehead atoms. The van der Waals surface area contributed by atoms with E-state index in [4.69, 9.17) is 14.2 Å². The van der Waals surface area contributed by atoms with Crippen LogP contribution >= 0.6 is 0 Å². The number of benzene rings is 1. The summed E-state index contributed by atoms with van der Waals surface area (Å²) < 4.78 is 16.8. The van der Waals surface area contributed by atoms with Crippen LogP contribution in [0.2, 0.25) is 19.6 Å². The molecule has 0 N–H and O–H groups in total. The molecule has 31 heavy (non-hydrogen) atoms. The molecule has 1 amide bonds. The lowest BCUT2D eigenvalue weighted by Gasteiger charge is -2.30. The standard InChI is InChI=1S/C24H35NO5Si/c1-8-28-22(26)16-19(31(5,6)7)14-15-21-25(23(27)30-24(2,3)4)20(17-29-21)18-12-10-9-11-13-18/h9-13,15,20-21H,8,16-17H2,1-7H3/t14?,20-,21+/m0/s1. The van der Waals surface area contributed by atoms with E-state index in [1.165, 1.54) is 0 Å². The first-order valence-corrected chi connectivity index (χ1v) is 14.2. The van der Waals surface area contributed by atoms with Crippen molar-refractivity contribution in [2.24, 2.45) is 0 Å². The highest BCUT2D eigenvalue weighted by molar-refractivity contribution is 6.83. The van der Waals surface area contributed by atoms with E-state index in [1.807, 2.05) is 51.1 Å². The third-order valence-electron chi connectivity index (χ3n) is 4.76. The largest absolute Gasteiger partial charge is 0.466 e. The Morgan fingerprint density at radius 1 is 1.23 bits per heavy atom. The molecule has 0 radical (unpaired) electrons. The summed E-state index contributed by atoms with van der Waals surface area (Å²) in [5.41, 5.74) is 3.64. The fraction of sp³-hybridized carbons (Fsp3) is 0.542. The van der Waals surface area contributed by atoms with E-state index < -0.39 is 26.0 Å². The van der Waals surface area contributed by atoms with E-state index in [-0.39, 0.29) is 18.4 Å². The number of carbonyl (C=O) groups is 2. The minimum absolute atomic E-state index is 0.196. The molecule has 0 aliphatic carbocycles. The lowest BCUT2D eigenvalue weighted by molar-refractivity contribution is -0.142. The lowest BCUT2D eigenvalue weighted by atomic mass is 10.1. The SMILES string of the molecule is CCOC(=O)CC(=C=C[C@H]1OC[C@@H](c2ccccc2)N1C(=O)OC(C)(C)C)[Si](C)(C)C. The van der Waals surface area contributed by atoms with Gasteiger partial charge in [-0.15, -0.1) is 5.73 Å². The van der Waals surface area contributed by atoms with Crippen LogP contribution in [0.25, 0.3) is 0 Å².